The molecular weight excluding hydrogens is 228 g/mol. The van der Waals surface area contributed by atoms with E-state index in [1.54, 1.807) is 0 Å². The number of hydrogen-bond acceptors (Lipinski definition) is 3. The second-order valence-corrected chi connectivity index (χ2v) is 6.79. The molecule has 0 spiro atoms. The lowest BCUT2D eigenvalue weighted by molar-refractivity contribution is -0.130. The Balaban J connectivity index is 1.82. The first-order valence-corrected chi connectivity index (χ1v) is 7.10. The molecule has 18 heavy (non-hydrogen) atoms. The molecule has 0 aliphatic heterocycles. The van der Waals surface area contributed by atoms with E-state index in [9.17, 15) is 9.90 Å². The van der Waals surface area contributed by atoms with Gasteiger partial charge in [-0.25, -0.2) is 0 Å². The van der Waals surface area contributed by atoms with Crippen molar-refractivity contribution in [3.63, 3.8) is 0 Å². The fourth-order valence-corrected chi connectivity index (χ4v) is 3.15. The number of carbonyl (C=O) groups is 1. The lowest BCUT2D eigenvalue weighted by atomic mass is 9.64. The molecule has 2 fully saturated rings. The molecule has 0 aromatic rings. The standard InChI is InChI=1S/C14H26N2O2/c1-13(2)10(8-11(13)17)16-12(18)9-14(15)6-4-3-5-7-14/h10-11,17H,3-9,15H2,1-2H3,(H,16,18). The second kappa shape index (κ2) is 4.82. The molecule has 4 N–H and O–H groups in total. The number of rotatable bonds is 3. The molecule has 2 atom stereocenters. The Bertz CT molecular complexity index is 322. The third kappa shape index (κ3) is 2.69. The summed E-state index contributed by atoms with van der Waals surface area (Å²) < 4.78 is 0. The van der Waals surface area contributed by atoms with E-state index in [2.05, 4.69) is 5.32 Å². The molecule has 2 aliphatic carbocycles. The van der Waals surface area contributed by atoms with Crippen LogP contribution in [-0.2, 0) is 4.79 Å². The average molecular weight is 254 g/mol. The van der Waals surface area contributed by atoms with E-state index in [0.717, 1.165) is 25.7 Å². The maximum absolute atomic E-state index is 12.0. The Kier molecular flexibility index (Phi) is 3.70. The van der Waals surface area contributed by atoms with E-state index in [1.165, 1.54) is 6.42 Å². The van der Waals surface area contributed by atoms with Crippen LogP contribution in [0.1, 0.15) is 58.8 Å². The lowest BCUT2D eigenvalue weighted by Crippen LogP contribution is -2.62. The van der Waals surface area contributed by atoms with E-state index in [-0.39, 0.29) is 29.0 Å². The number of aliphatic hydroxyl groups excluding tert-OH is 1. The number of nitrogens with two attached hydrogens (primary N) is 1. The molecule has 2 aliphatic rings. The van der Waals surface area contributed by atoms with Crippen molar-refractivity contribution in [3.05, 3.63) is 0 Å². The molecule has 4 heteroatoms. The van der Waals surface area contributed by atoms with Gasteiger partial charge in [0.15, 0.2) is 0 Å². The molecule has 0 heterocycles. The van der Waals surface area contributed by atoms with Gasteiger partial charge in [0.05, 0.1) is 6.10 Å². The summed E-state index contributed by atoms with van der Waals surface area (Å²) in [4.78, 5) is 12.0. The Morgan fingerprint density at radius 3 is 2.44 bits per heavy atom. The minimum absolute atomic E-state index is 0.0457. The summed E-state index contributed by atoms with van der Waals surface area (Å²) in [5, 5.41) is 12.7. The van der Waals surface area contributed by atoms with Crippen molar-refractivity contribution >= 4 is 5.91 Å². The molecule has 0 radical (unpaired) electrons. The van der Waals surface area contributed by atoms with E-state index >= 15 is 0 Å². The highest BCUT2D eigenvalue weighted by molar-refractivity contribution is 5.77. The van der Waals surface area contributed by atoms with E-state index in [4.69, 9.17) is 5.73 Å². The summed E-state index contributed by atoms with van der Waals surface area (Å²) in [5.74, 6) is 0.0457. The van der Waals surface area contributed by atoms with Crippen molar-refractivity contribution < 1.29 is 9.90 Å². The highest BCUT2D eigenvalue weighted by atomic mass is 16.3. The molecule has 2 rings (SSSR count). The van der Waals surface area contributed by atoms with Crippen LogP contribution in [0.25, 0.3) is 0 Å². The SMILES string of the molecule is CC1(C)C(O)CC1NC(=O)CC1(N)CCCCC1. The normalized spacial score (nSPS) is 33.6. The summed E-state index contributed by atoms with van der Waals surface area (Å²) >= 11 is 0. The number of hydrogen-bond donors (Lipinski definition) is 3. The van der Waals surface area contributed by atoms with Crippen molar-refractivity contribution in [2.24, 2.45) is 11.1 Å². The molecule has 0 bridgehead atoms. The number of nitrogens with one attached hydrogen (secondary N) is 1. The van der Waals surface area contributed by atoms with Gasteiger partial charge in [-0.2, -0.15) is 0 Å². The maximum atomic E-state index is 12.0. The molecule has 4 nitrogen and oxygen atoms in total. The Hall–Kier alpha value is -0.610. The number of aliphatic hydroxyl groups is 1. The van der Waals surface area contributed by atoms with E-state index < -0.39 is 0 Å². The maximum Gasteiger partial charge on any atom is 0.222 e. The summed E-state index contributed by atoms with van der Waals surface area (Å²) in [7, 11) is 0. The van der Waals surface area contributed by atoms with Gasteiger partial charge in [0.25, 0.3) is 0 Å². The lowest BCUT2D eigenvalue weighted by Gasteiger charge is -2.49. The van der Waals surface area contributed by atoms with Gasteiger partial charge in [-0.1, -0.05) is 33.1 Å². The molecule has 2 saturated carbocycles. The van der Waals surface area contributed by atoms with Crippen LogP contribution in [0.3, 0.4) is 0 Å². The van der Waals surface area contributed by atoms with Crippen LogP contribution in [0.2, 0.25) is 0 Å². The first-order valence-electron chi connectivity index (χ1n) is 7.10. The third-order valence-electron chi connectivity index (χ3n) is 4.91. The van der Waals surface area contributed by atoms with Gasteiger partial charge in [-0.05, 0) is 19.3 Å². The van der Waals surface area contributed by atoms with Crippen LogP contribution in [0.4, 0.5) is 0 Å². The topological polar surface area (TPSA) is 75.3 Å². The van der Waals surface area contributed by atoms with Gasteiger partial charge in [-0.15, -0.1) is 0 Å². The number of carbonyl (C=O) groups excluding carboxylic acids is 1. The fourth-order valence-electron chi connectivity index (χ4n) is 3.15. The van der Waals surface area contributed by atoms with Crippen LogP contribution in [0, 0.1) is 5.41 Å². The Morgan fingerprint density at radius 1 is 1.33 bits per heavy atom. The Labute approximate surface area is 109 Å². The van der Waals surface area contributed by atoms with E-state index in [1.807, 2.05) is 13.8 Å². The van der Waals surface area contributed by atoms with Crippen molar-refractivity contribution in [2.75, 3.05) is 0 Å². The van der Waals surface area contributed by atoms with Crippen LogP contribution in [0.5, 0.6) is 0 Å². The zero-order valence-corrected chi connectivity index (χ0v) is 11.5. The van der Waals surface area contributed by atoms with Gasteiger partial charge in [0.1, 0.15) is 0 Å². The third-order valence-corrected chi connectivity index (χ3v) is 4.91. The Morgan fingerprint density at radius 2 is 1.94 bits per heavy atom. The fraction of sp³-hybridized carbons (Fsp3) is 0.929. The van der Waals surface area contributed by atoms with E-state index in [0.29, 0.717) is 12.8 Å². The first kappa shape index (κ1) is 13.8. The molecule has 2 unspecified atom stereocenters. The smallest absolute Gasteiger partial charge is 0.222 e. The molecule has 0 aromatic heterocycles. The van der Waals surface area contributed by atoms with Crippen LogP contribution < -0.4 is 11.1 Å². The summed E-state index contributed by atoms with van der Waals surface area (Å²) in [5.41, 5.74) is 5.78. The van der Waals surface area contributed by atoms with Gasteiger partial charge in [0.2, 0.25) is 5.91 Å². The quantitative estimate of drug-likeness (QED) is 0.711. The highest BCUT2D eigenvalue weighted by Crippen LogP contribution is 2.40. The summed E-state index contributed by atoms with van der Waals surface area (Å²) in [6.07, 6.45) is 6.21. The predicted molar refractivity (Wildman–Crippen MR) is 71.0 cm³/mol. The molecular formula is C14H26N2O2. The predicted octanol–water partition coefficient (Wildman–Crippen LogP) is 1.31. The minimum Gasteiger partial charge on any atom is -0.392 e. The molecule has 1 amide bonds. The van der Waals surface area contributed by atoms with Gasteiger partial charge >= 0.3 is 0 Å². The minimum atomic E-state index is -0.302. The second-order valence-electron chi connectivity index (χ2n) is 6.79. The van der Waals surface area contributed by atoms with Gasteiger partial charge in [-0.3, -0.25) is 4.79 Å². The number of amides is 1. The van der Waals surface area contributed by atoms with Crippen LogP contribution >= 0.6 is 0 Å². The van der Waals surface area contributed by atoms with Crippen molar-refractivity contribution in [1.29, 1.82) is 0 Å². The van der Waals surface area contributed by atoms with Crippen LogP contribution in [-0.4, -0.2) is 28.7 Å². The largest absolute Gasteiger partial charge is 0.392 e. The molecule has 104 valence electrons. The first-order chi connectivity index (χ1) is 8.33. The van der Waals surface area contributed by atoms with Crippen molar-refractivity contribution in [3.8, 4) is 0 Å². The summed E-state index contributed by atoms with van der Waals surface area (Å²) in [6, 6.07) is 0.0900. The average Bonchev–Trinajstić information content (AvgIpc) is 2.29. The van der Waals surface area contributed by atoms with Crippen molar-refractivity contribution in [1.82, 2.24) is 5.32 Å². The molecule has 0 saturated heterocycles. The van der Waals surface area contributed by atoms with Crippen molar-refractivity contribution in [2.45, 2.75) is 76.5 Å². The zero-order valence-electron chi connectivity index (χ0n) is 11.5. The summed E-state index contributed by atoms with van der Waals surface area (Å²) in [6.45, 7) is 3.98. The monoisotopic (exact) mass is 254 g/mol. The molecule has 0 aromatic carbocycles. The van der Waals surface area contributed by atoms with Crippen LogP contribution in [0.15, 0.2) is 0 Å². The zero-order chi connectivity index (χ0) is 13.4. The highest BCUT2D eigenvalue weighted by Gasteiger charge is 2.48. The van der Waals surface area contributed by atoms with Gasteiger partial charge < -0.3 is 16.2 Å². The van der Waals surface area contributed by atoms with Gasteiger partial charge in [0, 0.05) is 23.4 Å².